The van der Waals surface area contributed by atoms with Crippen molar-refractivity contribution >= 4 is 27.5 Å². The highest BCUT2D eigenvalue weighted by molar-refractivity contribution is 7.92. The van der Waals surface area contributed by atoms with Crippen LogP contribution in [0.5, 0.6) is 28.9 Å². The molecule has 0 fully saturated rings. The summed E-state index contributed by atoms with van der Waals surface area (Å²) in [5.41, 5.74) is 5.64. The van der Waals surface area contributed by atoms with E-state index in [4.69, 9.17) is 20.6 Å². The van der Waals surface area contributed by atoms with Crippen LogP contribution in [0.15, 0.2) is 52.5 Å². The molecule has 12 nitrogen and oxygen atoms in total. The Bertz CT molecular complexity index is 1660. The summed E-state index contributed by atoms with van der Waals surface area (Å²) in [5, 5.41) is 25.1. The molecule has 2 heterocycles. The quantitative estimate of drug-likeness (QED) is 0.218. The van der Waals surface area contributed by atoms with Gasteiger partial charge in [0, 0.05) is 19.2 Å². The van der Waals surface area contributed by atoms with Crippen LogP contribution in [0.25, 0.3) is 0 Å². The van der Waals surface area contributed by atoms with Crippen LogP contribution in [0, 0.1) is 17.0 Å². The van der Waals surface area contributed by atoms with Gasteiger partial charge in [-0.25, -0.2) is 17.8 Å². The van der Waals surface area contributed by atoms with Gasteiger partial charge in [0.05, 0.1) is 23.2 Å². The number of aromatic nitrogens is 1. The first-order valence-electron chi connectivity index (χ1n) is 11.5. The number of ether oxygens (including phenoxy) is 2. The molecule has 210 valence electrons. The molecule has 2 aromatic carbocycles. The summed E-state index contributed by atoms with van der Waals surface area (Å²) >= 11 is 0. The number of aliphatic imine (C=N–C) groups is 1. The fraction of sp³-hybridized carbons (Fsp3) is 0.200. The second-order valence-corrected chi connectivity index (χ2v) is 10.9. The van der Waals surface area contributed by atoms with Gasteiger partial charge in [-0.1, -0.05) is 0 Å². The van der Waals surface area contributed by atoms with Gasteiger partial charge in [0.25, 0.3) is 5.88 Å². The van der Waals surface area contributed by atoms with E-state index in [0.717, 1.165) is 37.3 Å². The van der Waals surface area contributed by atoms with Crippen molar-refractivity contribution in [1.29, 1.82) is 5.41 Å². The third-order valence-electron chi connectivity index (χ3n) is 5.98. The number of carboxylic acids is 1. The van der Waals surface area contributed by atoms with E-state index >= 15 is 4.39 Å². The Kier molecular flexibility index (Phi) is 7.59. The first kappa shape index (κ1) is 28.2. The first-order valence-corrected chi connectivity index (χ1v) is 13.1. The maximum absolute atomic E-state index is 15.4. The van der Waals surface area contributed by atoms with Crippen LogP contribution < -0.4 is 15.2 Å². The minimum atomic E-state index is -4.32. The molecule has 0 spiro atoms. The van der Waals surface area contributed by atoms with E-state index < -0.39 is 50.1 Å². The zero-order chi connectivity index (χ0) is 29.4. The lowest BCUT2D eigenvalue weighted by Gasteiger charge is -2.19. The van der Waals surface area contributed by atoms with E-state index in [1.54, 1.807) is 11.9 Å². The number of sulfone groups is 1. The molecule has 1 aliphatic heterocycles. The number of hydrogen-bond acceptors (Lipinski definition) is 10. The summed E-state index contributed by atoms with van der Waals surface area (Å²) in [6.07, 6.45) is 0.617. The lowest BCUT2D eigenvalue weighted by atomic mass is 10.1. The number of carbonyl (C=O) groups is 1. The highest BCUT2D eigenvalue weighted by Crippen LogP contribution is 2.38. The van der Waals surface area contributed by atoms with Gasteiger partial charge in [-0.05, 0) is 43.3 Å². The zero-order valence-electron chi connectivity index (χ0n) is 21.1. The third-order valence-corrected chi connectivity index (χ3v) is 8.02. The number of likely N-dealkylation sites (N-methyl/N-ethyl adjacent to an activating group) is 1. The maximum atomic E-state index is 15.4. The molecular weight excluding hydrogens is 552 g/mol. The molecule has 0 aliphatic carbocycles. The SMILES string of the molecule is CC(C(=O)O)S(=O)(=O)c1ccc(Oc2c(F)cnc(Oc3cc(C(=N)N)ccc3O)c2F)c(C2=NCCN2C)c1. The van der Waals surface area contributed by atoms with Gasteiger partial charge in [-0.15, -0.1) is 0 Å². The van der Waals surface area contributed by atoms with Crippen LogP contribution in [0.1, 0.15) is 18.1 Å². The molecule has 0 amide bonds. The highest BCUT2D eigenvalue weighted by atomic mass is 32.2. The van der Waals surface area contributed by atoms with Crippen molar-refractivity contribution in [2.24, 2.45) is 10.7 Å². The van der Waals surface area contributed by atoms with E-state index in [-0.39, 0.29) is 39.2 Å². The number of phenols is 1. The number of phenolic OH excluding ortho intramolecular Hbond substituents is 1. The summed E-state index contributed by atoms with van der Waals surface area (Å²) in [6, 6.07) is 6.97. The van der Waals surface area contributed by atoms with Gasteiger partial charge in [0.1, 0.15) is 17.4 Å². The molecule has 0 bridgehead atoms. The lowest BCUT2D eigenvalue weighted by Crippen LogP contribution is -2.28. The number of aromatic hydroxyl groups is 1. The number of nitrogens with one attached hydrogen (secondary N) is 1. The van der Waals surface area contributed by atoms with Crippen molar-refractivity contribution < 1.29 is 41.7 Å². The van der Waals surface area contributed by atoms with E-state index in [0.29, 0.717) is 19.3 Å². The van der Waals surface area contributed by atoms with Crippen molar-refractivity contribution in [2.45, 2.75) is 17.1 Å². The molecule has 4 rings (SSSR count). The monoisotopic (exact) mass is 575 g/mol. The Labute approximate surface area is 226 Å². The number of pyridine rings is 1. The number of benzene rings is 2. The molecule has 0 saturated heterocycles. The summed E-state index contributed by atoms with van der Waals surface area (Å²) in [4.78, 5) is 20.6. The predicted molar refractivity (Wildman–Crippen MR) is 138 cm³/mol. The van der Waals surface area contributed by atoms with Gasteiger partial charge in [-0.3, -0.25) is 15.2 Å². The molecule has 1 atom stereocenters. The number of nitrogens with two attached hydrogens (primary N) is 1. The summed E-state index contributed by atoms with van der Waals surface area (Å²) < 4.78 is 66.8. The predicted octanol–water partition coefficient (Wildman–Crippen LogP) is 2.87. The van der Waals surface area contributed by atoms with Gasteiger partial charge in [0.15, 0.2) is 32.4 Å². The van der Waals surface area contributed by atoms with Crippen LogP contribution in [-0.4, -0.2) is 71.5 Å². The molecule has 1 unspecified atom stereocenters. The Balaban J connectivity index is 1.78. The Hall–Kier alpha value is -4.79. The Morgan fingerprint density at radius 1 is 1.18 bits per heavy atom. The number of nitrogens with zero attached hydrogens (tertiary/aromatic N) is 3. The largest absolute Gasteiger partial charge is 0.504 e. The molecule has 1 aromatic heterocycles. The van der Waals surface area contributed by atoms with E-state index in [1.807, 2.05) is 0 Å². The molecule has 0 radical (unpaired) electrons. The highest BCUT2D eigenvalue weighted by Gasteiger charge is 2.32. The number of amidine groups is 2. The van der Waals surface area contributed by atoms with Crippen molar-refractivity contribution in [3.8, 4) is 28.9 Å². The second-order valence-electron chi connectivity index (χ2n) is 8.67. The third kappa shape index (κ3) is 5.36. The van der Waals surface area contributed by atoms with Crippen molar-refractivity contribution in [2.75, 3.05) is 20.1 Å². The van der Waals surface area contributed by atoms with Crippen molar-refractivity contribution in [3.63, 3.8) is 0 Å². The minimum Gasteiger partial charge on any atom is -0.504 e. The Morgan fingerprint density at radius 3 is 2.52 bits per heavy atom. The number of carboxylic acid groups (broad SMARTS) is 1. The topological polar surface area (TPSA) is 188 Å². The second kappa shape index (κ2) is 10.8. The van der Waals surface area contributed by atoms with Crippen LogP contribution >= 0.6 is 0 Å². The van der Waals surface area contributed by atoms with Crippen LogP contribution in [0.2, 0.25) is 0 Å². The fourth-order valence-electron chi connectivity index (χ4n) is 3.68. The fourth-order valence-corrected chi connectivity index (χ4v) is 4.90. The summed E-state index contributed by atoms with van der Waals surface area (Å²) in [6.45, 7) is 1.84. The molecule has 3 aromatic rings. The molecule has 40 heavy (non-hydrogen) atoms. The van der Waals surface area contributed by atoms with E-state index in [2.05, 4.69) is 9.98 Å². The van der Waals surface area contributed by atoms with Gasteiger partial charge in [0.2, 0.25) is 11.6 Å². The smallest absolute Gasteiger partial charge is 0.321 e. The van der Waals surface area contributed by atoms with Gasteiger partial charge < -0.3 is 30.3 Å². The standard InChI is InChI=1S/C25H23F2N5O7S/c1-12(25(34)35)40(36,37)14-4-6-18(15(10-14)23-30-7-8-32(23)2)38-21-16(26)11-31-24(20(21)27)39-19-9-13(22(28)29)3-5-17(19)33/h3-6,9-12,33H,7-8H2,1-2H3,(H3,28,29)(H,34,35). The zero-order valence-corrected chi connectivity index (χ0v) is 21.9. The minimum absolute atomic E-state index is 0.0450. The number of halogens is 2. The van der Waals surface area contributed by atoms with Crippen LogP contribution in [0.4, 0.5) is 8.78 Å². The van der Waals surface area contributed by atoms with Crippen molar-refractivity contribution in [3.05, 3.63) is 65.4 Å². The number of aliphatic carboxylic acids is 1. The summed E-state index contributed by atoms with van der Waals surface area (Å²) in [5.74, 6) is -6.94. The lowest BCUT2D eigenvalue weighted by molar-refractivity contribution is -0.136. The normalized spacial score (nSPS) is 14.0. The average Bonchev–Trinajstić information content (AvgIpc) is 3.34. The van der Waals surface area contributed by atoms with Gasteiger partial charge >= 0.3 is 5.97 Å². The number of rotatable bonds is 9. The molecular formula is C25H23F2N5O7S. The average molecular weight is 576 g/mol. The molecule has 15 heteroatoms. The number of hydrogen-bond donors (Lipinski definition) is 4. The molecule has 1 aliphatic rings. The molecule has 0 saturated carbocycles. The van der Waals surface area contributed by atoms with E-state index in [1.165, 1.54) is 6.07 Å². The molecule has 5 N–H and O–H groups in total. The van der Waals surface area contributed by atoms with Crippen LogP contribution in [-0.2, 0) is 14.6 Å². The van der Waals surface area contributed by atoms with E-state index in [9.17, 15) is 27.8 Å². The summed E-state index contributed by atoms with van der Waals surface area (Å²) in [7, 11) is -2.66. The first-order chi connectivity index (χ1) is 18.8. The van der Waals surface area contributed by atoms with Crippen molar-refractivity contribution in [1.82, 2.24) is 9.88 Å². The number of nitrogen functional groups attached to an aromatic ring is 1. The van der Waals surface area contributed by atoms with Gasteiger partial charge in [-0.2, -0.15) is 4.39 Å². The Morgan fingerprint density at radius 2 is 1.90 bits per heavy atom. The maximum Gasteiger partial charge on any atom is 0.321 e. The van der Waals surface area contributed by atoms with Crippen LogP contribution in [0.3, 0.4) is 0 Å².